The lowest BCUT2D eigenvalue weighted by Crippen LogP contribution is -2.46. The Bertz CT molecular complexity index is 457. The fraction of sp³-hybridized carbons (Fsp3) is 0.545. The van der Waals surface area contributed by atoms with Gasteiger partial charge >= 0.3 is 5.00 Å². The maximum absolute atomic E-state index is 11.8. The van der Waals surface area contributed by atoms with E-state index in [-0.39, 0.29) is 10.9 Å². The molecule has 2 N–H and O–H groups in total. The molecule has 1 aromatic heterocycles. The Balaban J connectivity index is 1.75. The number of thiophene rings is 1. The van der Waals surface area contributed by atoms with Crippen LogP contribution in [0.5, 0.6) is 0 Å². The first kappa shape index (κ1) is 13.9. The fourth-order valence-corrected chi connectivity index (χ4v) is 2.63. The van der Waals surface area contributed by atoms with Crippen molar-refractivity contribution in [1.29, 1.82) is 0 Å². The molecule has 0 aliphatic carbocycles. The van der Waals surface area contributed by atoms with Crippen molar-refractivity contribution in [3.63, 3.8) is 0 Å². The molecule has 104 valence electrons. The fourth-order valence-electron chi connectivity index (χ4n) is 1.90. The summed E-state index contributed by atoms with van der Waals surface area (Å²) in [6, 6.07) is 2.85. The van der Waals surface area contributed by atoms with Gasteiger partial charge in [0.2, 0.25) is 0 Å². The summed E-state index contributed by atoms with van der Waals surface area (Å²) in [4.78, 5) is 24.5. The number of hydrogen-bond donors (Lipinski definition) is 2. The Kier molecular flexibility index (Phi) is 4.83. The van der Waals surface area contributed by atoms with Gasteiger partial charge < -0.3 is 10.6 Å². The van der Waals surface area contributed by atoms with Gasteiger partial charge in [0, 0.05) is 45.3 Å². The molecule has 0 saturated carbocycles. The van der Waals surface area contributed by atoms with Crippen molar-refractivity contribution >= 4 is 22.2 Å². The zero-order valence-corrected chi connectivity index (χ0v) is 11.2. The summed E-state index contributed by atoms with van der Waals surface area (Å²) in [5.41, 5.74) is 0. The number of hydrogen-bond acceptors (Lipinski definition) is 6. The van der Waals surface area contributed by atoms with E-state index < -0.39 is 4.92 Å². The maximum atomic E-state index is 11.8. The predicted octanol–water partition coefficient (Wildman–Crippen LogP) is 0.291. The van der Waals surface area contributed by atoms with Crippen LogP contribution in [0.25, 0.3) is 0 Å². The minimum atomic E-state index is -0.484. The third-order valence-electron chi connectivity index (χ3n) is 2.92. The normalized spacial score (nSPS) is 16.2. The minimum Gasteiger partial charge on any atom is -0.350 e. The minimum absolute atomic E-state index is 0.00717. The van der Waals surface area contributed by atoms with Crippen LogP contribution < -0.4 is 10.6 Å². The molecule has 1 aliphatic heterocycles. The van der Waals surface area contributed by atoms with Crippen molar-refractivity contribution in [3.8, 4) is 0 Å². The number of nitrogens with zero attached hydrogens (tertiary/aromatic N) is 2. The average molecular weight is 284 g/mol. The molecule has 19 heavy (non-hydrogen) atoms. The molecule has 0 radical (unpaired) electrons. The first-order valence-electron chi connectivity index (χ1n) is 6.12. The smallest absolute Gasteiger partial charge is 0.324 e. The van der Waals surface area contributed by atoms with Crippen molar-refractivity contribution in [3.05, 3.63) is 27.1 Å². The second-order valence-corrected chi connectivity index (χ2v) is 5.30. The van der Waals surface area contributed by atoms with Crippen LogP contribution in [0.15, 0.2) is 12.1 Å². The molecule has 7 nitrogen and oxygen atoms in total. The van der Waals surface area contributed by atoms with Gasteiger partial charge in [0.25, 0.3) is 5.91 Å². The highest BCUT2D eigenvalue weighted by atomic mass is 32.1. The van der Waals surface area contributed by atoms with Gasteiger partial charge in [0.05, 0.1) is 9.80 Å². The number of nitro groups is 1. The van der Waals surface area contributed by atoms with Crippen LogP contribution in [-0.4, -0.2) is 55.0 Å². The Morgan fingerprint density at radius 3 is 2.84 bits per heavy atom. The molecule has 1 fully saturated rings. The van der Waals surface area contributed by atoms with Crippen LogP contribution in [0.1, 0.15) is 9.67 Å². The molecular weight excluding hydrogens is 268 g/mol. The number of nitrogens with one attached hydrogen (secondary N) is 2. The van der Waals surface area contributed by atoms with E-state index in [0.29, 0.717) is 11.4 Å². The van der Waals surface area contributed by atoms with Gasteiger partial charge in [-0.2, -0.15) is 0 Å². The quantitative estimate of drug-likeness (QED) is 0.599. The van der Waals surface area contributed by atoms with Gasteiger partial charge in [-0.15, -0.1) is 0 Å². The van der Waals surface area contributed by atoms with E-state index in [0.717, 1.165) is 44.1 Å². The third-order valence-corrected chi connectivity index (χ3v) is 3.95. The highest BCUT2D eigenvalue weighted by Crippen LogP contribution is 2.23. The van der Waals surface area contributed by atoms with Crippen LogP contribution in [0.2, 0.25) is 0 Å². The van der Waals surface area contributed by atoms with Gasteiger partial charge in [-0.3, -0.25) is 19.8 Å². The summed E-state index contributed by atoms with van der Waals surface area (Å²) in [5.74, 6) is -0.242. The standard InChI is InChI=1S/C11H16N4O3S/c16-11(9-1-2-10(19-9)15(17)18)13-5-8-14-6-3-12-4-7-14/h1-2,12H,3-8H2,(H,13,16). The summed E-state index contributed by atoms with van der Waals surface area (Å²) in [6.07, 6.45) is 0. The lowest BCUT2D eigenvalue weighted by atomic mass is 10.3. The molecule has 0 unspecified atom stereocenters. The van der Waals surface area contributed by atoms with Crippen LogP contribution >= 0.6 is 11.3 Å². The predicted molar refractivity (Wildman–Crippen MR) is 72.6 cm³/mol. The SMILES string of the molecule is O=C(NCCN1CCNCC1)c1ccc([N+](=O)[O-])s1. The number of carbonyl (C=O) groups is 1. The average Bonchev–Trinajstić information content (AvgIpc) is 2.89. The molecule has 0 aromatic carbocycles. The van der Waals surface area contributed by atoms with E-state index >= 15 is 0 Å². The number of carbonyl (C=O) groups excluding carboxylic acids is 1. The summed E-state index contributed by atoms with van der Waals surface area (Å²) in [7, 11) is 0. The van der Waals surface area contributed by atoms with Crippen molar-refractivity contribution in [2.24, 2.45) is 0 Å². The Hall–Kier alpha value is -1.51. The van der Waals surface area contributed by atoms with Crippen molar-refractivity contribution in [2.75, 3.05) is 39.3 Å². The van der Waals surface area contributed by atoms with Crippen molar-refractivity contribution in [1.82, 2.24) is 15.5 Å². The van der Waals surface area contributed by atoms with Crippen LogP contribution in [0.4, 0.5) is 5.00 Å². The number of amides is 1. The number of piperazine rings is 1. The van der Waals surface area contributed by atoms with E-state index in [1.54, 1.807) is 0 Å². The summed E-state index contributed by atoms with van der Waals surface area (Å²) in [5, 5.41) is 16.6. The summed E-state index contributed by atoms with van der Waals surface area (Å²) < 4.78 is 0. The molecule has 0 bridgehead atoms. The lowest BCUT2D eigenvalue weighted by Gasteiger charge is -2.26. The van der Waals surface area contributed by atoms with Gasteiger partial charge in [0.1, 0.15) is 0 Å². The largest absolute Gasteiger partial charge is 0.350 e. The highest BCUT2D eigenvalue weighted by molar-refractivity contribution is 7.17. The van der Waals surface area contributed by atoms with Crippen LogP contribution in [-0.2, 0) is 0 Å². The van der Waals surface area contributed by atoms with Gasteiger partial charge in [-0.05, 0) is 6.07 Å². The monoisotopic (exact) mass is 284 g/mol. The first-order valence-corrected chi connectivity index (χ1v) is 6.94. The third kappa shape index (κ3) is 3.98. The van der Waals surface area contributed by atoms with E-state index in [1.807, 2.05) is 0 Å². The molecule has 0 spiro atoms. The Morgan fingerprint density at radius 2 is 2.21 bits per heavy atom. The maximum Gasteiger partial charge on any atom is 0.324 e. The first-order chi connectivity index (χ1) is 9.16. The van der Waals surface area contributed by atoms with E-state index in [9.17, 15) is 14.9 Å². The zero-order chi connectivity index (χ0) is 13.7. The Morgan fingerprint density at radius 1 is 1.47 bits per heavy atom. The molecule has 2 heterocycles. The lowest BCUT2D eigenvalue weighted by molar-refractivity contribution is -0.380. The molecule has 1 saturated heterocycles. The Labute approximate surface area is 114 Å². The highest BCUT2D eigenvalue weighted by Gasteiger charge is 2.15. The molecule has 2 rings (SSSR count). The van der Waals surface area contributed by atoms with E-state index in [1.165, 1.54) is 12.1 Å². The van der Waals surface area contributed by atoms with Crippen molar-refractivity contribution in [2.45, 2.75) is 0 Å². The van der Waals surface area contributed by atoms with Crippen LogP contribution in [0.3, 0.4) is 0 Å². The number of rotatable bonds is 5. The van der Waals surface area contributed by atoms with Gasteiger partial charge in [-0.1, -0.05) is 11.3 Å². The molecule has 1 aliphatic rings. The van der Waals surface area contributed by atoms with E-state index in [4.69, 9.17) is 0 Å². The molecular formula is C11H16N4O3S. The molecule has 1 aromatic rings. The van der Waals surface area contributed by atoms with Crippen LogP contribution in [0, 0.1) is 10.1 Å². The molecule has 1 amide bonds. The van der Waals surface area contributed by atoms with E-state index in [2.05, 4.69) is 15.5 Å². The van der Waals surface area contributed by atoms with Gasteiger partial charge in [-0.25, -0.2) is 0 Å². The second kappa shape index (κ2) is 6.60. The van der Waals surface area contributed by atoms with Crippen molar-refractivity contribution < 1.29 is 9.72 Å². The summed E-state index contributed by atoms with van der Waals surface area (Å²) >= 11 is 0.900. The molecule has 0 atom stereocenters. The zero-order valence-electron chi connectivity index (χ0n) is 10.4. The molecule has 8 heteroatoms. The van der Waals surface area contributed by atoms with Gasteiger partial charge in [0.15, 0.2) is 0 Å². The topological polar surface area (TPSA) is 87.5 Å². The summed E-state index contributed by atoms with van der Waals surface area (Å²) in [6.45, 7) is 5.29. The second-order valence-electron chi connectivity index (χ2n) is 4.24.